The van der Waals surface area contributed by atoms with Crippen LogP contribution < -0.4 is 0 Å². The highest BCUT2D eigenvalue weighted by atomic mass is 79.9. The van der Waals surface area contributed by atoms with Crippen LogP contribution >= 0.6 is 43.6 Å². The molecule has 0 spiro atoms. The Kier molecular flexibility index (Phi) is 4.80. The molecule has 3 heteroatoms. The molecule has 100 valence electrons. The van der Waals surface area contributed by atoms with Crippen molar-refractivity contribution in [3.05, 3.63) is 55.5 Å². The van der Waals surface area contributed by atoms with Gasteiger partial charge in [0.05, 0.1) is 0 Å². The lowest BCUT2D eigenvalue weighted by Gasteiger charge is -2.12. The van der Waals surface area contributed by atoms with Gasteiger partial charge in [-0.1, -0.05) is 43.6 Å². The SMILES string of the molecule is Cc1cc(Sc2cc(C)c(Br)cc2C)c(C)cc1Br. The van der Waals surface area contributed by atoms with Gasteiger partial charge in [-0.15, -0.1) is 0 Å². The average Bonchev–Trinajstić information content (AvgIpc) is 2.32. The lowest BCUT2D eigenvalue weighted by atomic mass is 10.2. The van der Waals surface area contributed by atoms with Crippen molar-refractivity contribution >= 4 is 43.6 Å². The quantitative estimate of drug-likeness (QED) is 0.548. The normalized spacial score (nSPS) is 10.8. The minimum atomic E-state index is 1.18. The van der Waals surface area contributed by atoms with Crippen LogP contribution in [0.3, 0.4) is 0 Å². The highest BCUT2D eigenvalue weighted by Gasteiger charge is 2.08. The minimum Gasteiger partial charge on any atom is -0.0895 e. The zero-order chi connectivity index (χ0) is 14.2. The van der Waals surface area contributed by atoms with E-state index in [2.05, 4.69) is 83.8 Å². The monoisotopic (exact) mass is 398 g/mol. The van der Waals surface area contributed by atoms with Gasteiger partial charge in [0.25, 0.3) is 0 Å². The van der Waals surface area contributed by atoms with Crippen LogP contribution in [0.5, 0.6) is 0 Å². The van der Waals surface area contributed by atoms with E-state index < -0.39 is 0 Å². The lowest BCUT2D eigenvalue weighted by Crippen LogP contribution is -1.88. The smallest absolute Gasteiger partial charge is 0.0207 e. The molecule has 0 unspecified atom stereocenters. The molecule has 0 N–H and O–H groups in total. The molecule has 0 fully saturated rings. The number of aryl methyl sites for hydroxylation is 4. The number of hydrogen-bond acceptors (Lipinski definition) is 1. The van der Waals surface area contributed by atoms with Crippen molar-refractivity contribution in [2.45, 2.75) is 37.5 Å². The molecule has 0 saturated heterocycles. The Labute approximate surface area is 136 Å². The average molecular weight is 400 g/mol. The predicted molar refractivity (Wildman–Crippen MR) is 91.4 cm³/mol. The first-order chi connectivity index (χ1) is 8.88. The number of hydrogen-bond donors (Lipinski definition) is 0. The second kappa shape index (κ2) is 6.02. The molecular formula is C16H16Br2S. The molecular weight excluding hydrogens is 384 g/mol. The molecule has 0 bridgehead atoms. The van der Waals surface area contributed by atoms with Crippen LogP contribution in [0, 0.1) is 27.7 Å². The van der Waals surface area contributed by atoms with Gasteiger partial charge >= 0.3 is 0 Å². The van der Waals surface area contributed by atoms with Crippen LogP contribution in [0.4, 0.5) is 0 Å². The van der Waals surface area contributed by atoms with Gasteiger partial charge in [-0.05, 0) is 74.2 Å². The zero-order valence-electron chi connectivity index (χ0n) is 11.5. The summed E-state index contributed by atoms with van der Waals surface area (Å²) in [6.07, 6.45) is 0. The van der Waals surface area contributed by atoms with E-state index >= 15 is 0 Å². The minimum absolute atomic E-state index is 1.18. The van der Waals surface area contributed by atoms with Crippen molar-refractivity contribution in [1.82, 2.24) is 0 Å². The lowest BCUT2D eigenvalue weighted by molar-refractivity contribution is 1.21. The van der Waals surface area contributed by atoms with Gasteiger partial charge in [0.1, 0.15) is 0 Å². The summed E-state index contributed by atoms with van der Waals surface area (Å²) in [5, 5.41) is 0. The van der Waals surface area contributed by atoms with E-state index in [1.807, 2.05) is 11.8 Å². The highest BCUT2D eigenvalue weighted by molar-refractivity contribution is 9.10. The Bertz CT molecular complexity index is 578. The summed E-state index contributed by atoms with van der Waals surface area (Å²) in [5.74, 6) is 0. The van der Waals surface area contributed by atoms with Crippen molar-refractivity contribution in [2.24, 2.45) is 0 Å². The summed E-state index contributed by atoms with van der Waals surface area (Å²) < 4.78 is 2.36. The molecule has 19 heavy (non-hydrogen) atoms. The third kappa shape index (κ3) is 3.45. The maximum atomic E-state index is 3.59. The van der Waals surface area contributed by atoms with E-state index in [0.717, 1.165) is 0 Å². The first-order valence-electron chi connectivity index (χ1n) is 6.10. The van der Waals surface area contributed by atoms with Gasteiger partial charge in [0.15, 0.2) is 0 Å². The third-order valence-electron chi connectivity index (χ3n) is 3.13. The van der Waals surface area contributed by atoms with E-state index in [9.17, 15) is 0 Å². The first kappa shape index (κ1) is 15.1. The van der Waals surface area contributed by atoms with Crippen LogP contribution in [-0.4, -0.2) is 0 Å². The van der Waals surface area contributed by atoms with Crippen molar-refractivity contribution < 1.29 is 0 Å². The fourth-order valence-electron chi connectivity index (χ4n) is 1.85. The van der Waals surface area contributed by atoms with E-state index in [1.165, 1.54) is 41.0 Å². The van der Waals surface area contributed by atoms with Crippen molar-refractivity contribution in [2.75, 3.05) is 0 Å². The fourth-order valence-corrected chi connectivity index (χ4v) is 3.91. The molecule has 0 aliphatic carbocycles. The Morgan fingerprint density at radius 1 is 0.632 bits per heavy atom. The van der Waals surface area contributed by atoms with Crippen LogP contribution in [0.1, 0.15) is 22.3 Å². The summed E-state index contributed by atoms with van der Waals surface area (Å²) in [4.78, 5) is 2.65. The third-order valence-corrected chi connectivity index (χ3v) is 6.16. The summed E-state index contributed by atoms with van der Waals surface area (Å²) in [7, 11) is 0. The van der Waals surface area contributed by atoms with Gasteiger partial charge in [-0.3, -0.25) is 0 Å². The van der Waals surface area contributed by atoms with E-state index in [4.69, 9.17) is 0 Å². The maximum absolute atomic E-state index is 3.59. The van der Waals surface area contributed by atoms with Gasteiger partial charge in [0.2, 0.25) is 0 Å². The van der Waals surface area contributed by atoms with Gasteiger partial charge in [0, 0.05) is 18.7 Å². The number of rotatable bonds is 2. The number of halogens is 2. The van der Waals surface area contributed by atoms with Crippen molar-refractivity contribution in [3.8, 4) is 0 Å². The van der Waals surface area contributed by atoms with Gasteiger partial charge in [-0.25, -0.2) is 0 Å². The fraction of sp³-hybridized carbons (Fsp3) is 0.250. The van der Waals surface area contributed by atoms with E-state index in [-0.39, 0.29) is 0 Å². The molecule has 0 nitrogen and oxygen atoms in total. The predicted octanol–water partition coefficient (Wildman–Crippen LogP) is 6.60. The Morgan fingerprint density at radius 3 is 1.37 bits per heavy atom. The molecule has 0 radical (unpaired) electrons. The maximum Gasteiger partial charge on any atom is 0.0207 e. The molecule has 0 saturated carbocycles. The van der Waals surface area contributed by atoms with E-state index in [1.54, 1.807) is 0 Å². The molecule has 0 aliphatic heterocycles. The summed E-state index contributed by atoms with van der Waals surface area (Å²) >= 11 is 9.02. The molecule has 0 aromatic heterocycles. The van der Waals surface area contributed by atoms with Crippen molar-refractivity contribution in [1.29, 1.82) is 0 Å². The van der Waals surface area contributed by atoms with Crippen LogP contribution in [0.2, 0.25) is 0 Å². The molecule has 0 amide bonds. The topological polar surface area (TPSA) is 0 Å². The Hall–Kier alpha value is -0.250. The summed E-state index contributed by atoms with van der Waals surface area (Å²) in [6, 6.07) is 8.89. The second-order valence-electron chi connectivity index (χ2n) is 4.84. The van der Waals surface area contributed by atoms with Gasteiger partial charge in [-0.2, -0.15) is 0 Å². The molecule has 2 aromatic carbocycles. The highest BCUT2D eigenvalue weighted by Crippen LogP contribution is 2.36. The van der Waals surface area contributed by atoms with Gasteiger partial charge < -0.3 is 0 Å². The molecule has 2 aromatic rings. The Morgan fingerprint density at radius 2 is 1.00 bits per heavy atom. The van der Waals surface area contributed by atoms with E-state index in [0.29, 0.717) is 0 Å². The summed E-state index contributed by atoms with van der Waals surface area (Å²) in [6.45, 7) is 8.59. The first-order valence-corrected chi connectivity index (χ1v) is 8.50. The number of benzene rings is 2. The molecule has 0 aliphatic rings. The molecule has 2 rings (SSSR count). The Balaban J connectivity index is 2.42. The summed E-state index contributed by atoms with van der Waals surface area (Å²) in [5.41, 5.74) is 5.17. The molecule has 0 atom stereocenters. The van der Waals surface area contributed by atoms with Crippen molar-refractivity contribution in [3.63, 3.8) is 0 Å². The van der Waals surface area contributed by atoms with Crippen LogP contribution in [0.15, 0.2) is 43.0 Å². The van der Waals surface area contributed by atoms with Crippen LogP contribution in [0.25, 0.3) is 0 Å². The van der Waals surface area contributed by atoms with Crippen LogP contribution in [-0.2, 0) is 0 Å². The standard InChI is InChI=1S/C16H16Br2S/c1-9-7-15(11(3)5-13(9)17)19-16-8-10(2)14(18)6-12(16)4/h5-8H,1-4H3. The largest absolute Gasteiger partial charge is 0.0895 e. The second-order valence-corrected chi connectivity index (χ2v) is 7.63. The zero-order valence-corrected chi connectivity index (χ0v) is 15.5. The molecule has 0 heterocycles.